The number of halogens is 5. The van der Waals surface area contributed by atoms with Crippen molar-refractivity contribution in [1.29, 1.82) is 0 Å². The van der Waals surface area contributed by atoms with Crippen molar-refractivity contribution < 1.29 is 22.0 Å². The largest absolute Gasteiger partial charge is 0.408 e. The molecule has 3 aromatic rings. The van der Waals surface area contributed by atoms with Gasteiger partial charge in [-0.15, -0.1) is 0 Å². The topological polar surface area (TPSA) is 106 Å². The van der Waals surface area contributed by atoms with E-state index in [4.69, 9.17) is 6.57 Å². The molecule has 176 valence electrons. The van der Waals surface area contributed by atoms with Crippen LogP contribution in [0.5, 0.6) is 0 Å². The van der Waals surface area contributed by atoms with Crippen LogP contribution in [0.15, 0.2) is 30.7 Å². The Morgan fingerprint density at radius 3 is 2.47 bits per heavy atom. The normalized spacial score (nSPS) is 15.5. The number of aromatic nitrogens is 6. The summed E-state index contributed by atoms with van der Waals surface area (Å²) in [6.07, 6.45) is -2.71. The molecule has 1 fully saturated rings. The molecule has 0 bridgehead atoms. The van der Waals surface area contributed by atoms with E-state index >= 15 is 0 Å². The molecule has 9 nitrogen and oxygen atoms in total. The van der Waals surface area contributed by atoms with Crippen LogP contribution < -0.4 is 10.6 Å². The first-order chi connectivity index (χ1) is 16.1. The maximum absolute atomic E-state index is 13.1. The van der Waals surface area contributed by atoms with Crippen LogP contribution in [0.3, 0.4) is 0 Å². The Morgan fingerprint density at radius 2 is 1.82 bits per heavy atom. The number of hydrogen-bond acceptors (Lipinski definition) is 8. The maximum Gasteiger partial charge on any atom is 0.408 e. The lowest BCUT2D eigenvalue weighted by Crippen LogP contribution is -2.34. The third-order valence-corrected chi connectivity index (χ3v) is 5.01. The first kappa shape index (κ1) is 23.1. The second-order valence-electron chi connectivity index (χ2n) is 7.54. The van der Waals surface area contributed by atoms with E-state index in [9.17, 15) is 22.0 Å². The predicted octanol–water partition coefficient (Wildman–Crippen LogP) is 4.68. The van der Waals surface area contributed by atoms with E-state index in [0.717, 1.165) is 19.3 Å². The van der Waals surface area contributed by atoms with Crippen LogP contribution in [-0.4, -0.2) is 42.1 Å². The molecule has 34 heavy (non-hydrogen) atoms. The van der Waals surface area contributed by atoms with Gasteiger partial charge in [-0.3, -0.25) is 9.97 Å². The number of hydrogen-bond donors (Lipinski definition) is 2. The van der Waals surface area contributed by atoms with E-state index in [1.54, 1.807) is 12.1 Å². The van der Waals surface area contributed by atoms with Crippen molar-refractivity contribution in [3.05, 3.63) is 53.5 Å². The predicted molar refractivity (Wildman–Crippen MR) is 110 cm³/mol. The number of nitrogens with zero attached hydrogens (tertiary/aromatic N) is 7. The molecule has 0 saturated heterocycles. The van der Waals surface area contributed by atoms with Gasteiger partial charge in [-0.2, -0.15) is 28.1 Å². The Balaban J connectivity index is 1.71. The molecule has 0 radical (unpaired) electrons. The molecule has 4 rings (SSSR count). The van der Waals surface area contributed by atoms with Gasteiger partial charge < -0.3 is 15.5 Å². The third kappa shape index (κ3) is 4.98. The lowest BCUT2D eigenvalue weighted by molar-refractivity contribution is -0.138. The molecule has 1 aliphatic carbocycles. The molecule has 0 spiro atoms. The average Bonchev–Trinajstić information content (AvgIpc) is 3.60. The monoisotopic (exact) mass is 477 g/mol. The van der Waals surface area contributed by atoms with Crippen molar-refractivity contribution in [2.75, 3.05) is 10.6 Å². The van der Waals surface area contributed by atoms with Gasteiger partial charge in [-0.25, -0.2) is 20.3 Å². The van der Waals surface area contributed by atoms with Gasteiger partial charge in [0.05, 0.1) is 12.4 Å². The van der Waals surface area contributed by atoms with Gasteiger partial charge in [0, 0.05) is 24.7 Å². The lowest BCUT2D eigenvalue weighted by Gasteiger charge is -2.18. The van der Waals surface area contributed by atoms with Gasteiger partial charge >= 0.3 is 6.18 Å². The molecule has 0 aromatic carbocycles. The average molecular weight is 477 g/mol. The van der Waals surface area contributed by atoms with E-state index < -0.39 is 35.8 Å². The van der Waals surface area contributed by atoms with Gasteiger partial charge in [-0.05, 0) is 19.1 Å². The van der Waals surface area contributed by atoms with Crippen LogP contribution in [0.1, 0.15) is 37.6 Å². The smallest absolute Gasteiger partial charge is 0.343 e. The van der Waals surface area contributed by atoms with E-state index in [0.29, 0.717) is 24.2 Å². The number of alkyl halides is 5. The zero-order valence-corrected chi connectivity index (χ0v) is 17.5. The van der Waals surface area contributed by atoms with Crippen molar-refractivity contribution in [3.8, 4) is 11.5 Å². The van der Waals surface area contributed by atoms with E-state index in [2.05, 4.69) is 45.4 Å². The van der Waals surface area contributed by atoms with E-state index in [-0.39, 0.29) is 17.5 Å². The minimum absolute atomic E-state index is 0.170. The van der Waals surface area contributed by atoms with Crippen molar-refractivity contribution in [3.63, 3.8) is 0 Å². The maximum atomic E-state index is 13.1. The van der Waals surface area contributed by atoms with Gasteiger partial charge in [-0.1, -0.05) is 0 Å². The third-order valence-electron chi connectivity index (χ3n) is 5.01. The number of pyridine rings is 1. The van der Waals surface area contributed by atoms with Crippen molar-refractivity contribution >= 4 is 17.6 Å². The summed E-state index contributed by atoms with van der Waals surface area (Å²) >= 11 is 0. The van der Waals surface area contributed by atoms with Crippen LogP contribution in [0.25, 0.3) is 16.4 Å². The zero-order valence-electron chi connectivity index (χ0n) is 17.5. The summed E-state index contributed by atoms with van der Waals surface area (Å²) in [5, 5.41) is 4.98. The highest BCUT2D eigenvalue weighted by Crippen LogP contribution is 2.49. The minimum Gasteiger partial charge on any atom is -0.343 e. The summed E-state index contributed by atoms with van der Waals surface area (Å²) in [6, 6.07) is 1.18. The second-order valence-corrected chi connectivity index (χ2v) is 7.54. The molecule has 0 amide bonds. The Labute approximate surface area is 189 Å². The Kier molecular flexibility index (Phi) is 5.94. The van der Waals surface area contributed by atoms with Gasteiger partial charge in [0.25, 0.3) is 12.0 Å². The first-order valence-electron chi connectivity index (χ1n) is 9.91. The highest BCUT2D eigenvalue weighted by atomic mass is 19.4. The Bertz CT molecular complexity index is 1240. The van der Waals surface area contributed by atoms with Crippen LogP contribution >= 0.6 is 0 Å². The second kappa shape index (κ2) is 8.73. The van der Waals surface area contributed by atoms with Gasteiger partial charge in [0.2, 0.25) is 11.9 Å². The molecule has 0 aliphatic heterocycles. The number of rotatable bonds is 7. The summed E-state index contributed by atoms with van der Waals surface area (Å²) in [6.45, 7) is 8.25. The molecule has 3 aromatic heterocycles. The fourth-order valence-corrected chi connectivity index (χ4v) is 2.92. The van der Waals surface area contributed by atoms with Crippen molar-refractivity contribution in [1.82, 2.24) is 29.9 Å². The summed E-state index contributed by atoms with van der Waals surface area (Å²) in [4.78, 5) is 27.3. The fraction of sp³-hybridized carbons (Fsp3) is 0.350. The van der Waals surface area contributed by atoms with Crippen LogP contribution in [0.4, 0.5) is 39.5 Å². The molecule has 2 N–H and O–H groups in total. The standard InChI is InChI=1S/C20H16F5N9/c1-10(20(23,24)25)29-17-32-16(13-9-27-8-12(31-13)15(21)22)33-18(34-17)30-11-3-6-28-14(7-11)19(26-2)4-5-19/h3,6-10,15H,4-5H2,1H3,(H2,28,29,30,32,33,34)/t10-/m1/s1. The highest BCUT2D eigenvalue weighted by Gasteiger charge is 2.54. The van der Waals surface area contributed by atoms with Crippen molar-refractivity contribution in [2.24, 2.45) is 0 Å². The first-order valence-corrected chi connectivity index (χ1v) is 9.91. The molecule has 1 atom stereocenters. The Morgan fingerprint density at radius 1 is 1.09 bits per heavy atom. The lowest BCUT2D eigenvalue weighted by atomic mass is 10.1. The number of anilines is 3. The summed E-state index contributed by atoms with van der Waals surface area (Å²) in [7, 11) is 0. The van der Waals surface area contributed by atoms with Crippen LogP contribution in [0, 0.1) is 6.57 Å². The zero-order chi connectivity index (χ0) is 24.5. The molecule has 1 aliphatic rings. The quantitative estimate of drug-likeness (QED) is 0.374. The minimum atomic E-state index is -4.59. The summed E-state index contributed by atoms with van der Waals surface area (Å²) < 4.78 is 65.3. The molecule has 1 saturated carbocycles. The van der Waals surface area contributed by atoms with E-state index in [1.807, 2.05) is 0 Å². The molecular weight excluding hydrogens is 461 g/mol. The number of nitrogens with one attached hydrogen (secondary N) is 2. The molecular formula is C20H16F5N9. The fourth-order valence-electron chi connectivity index (χ4n) is 2.92. The Hall–Kier alpha value is -4.02. The van der Waals surface area contributed by atoms with Crippen LogP contribution in [0.2, 0.25) is 0 Å². The highest BCUT2D eigenvalue weighted by molar-refractivity contribution is 5.59. The van der Waals surface area contributed by atoms with Crippen molar-refractivity contribution in [2.45, 2.75) is 43.9 Å². The SMILES string of the molecule is [C-]#[N+]C1(c2cc(Nc3nc(N[C@H](C)C(F)(F)F)nc(-c4cncc(C(F)F)n4)n3)ccn2)CC1. The van der Waals surface area contributed by atoms with Gasteiger partial charge in [0.15, 0.2) is 5.82 Å². The van der Waals surface area contributed by atoms with E-state index in [1.165, 1.54) is 6.20 Å². The summed E-state index contributed by atoms with van der Waals surface area (Å²) in [5.74, 6) is -0.884. The summed E-state index contributed by atoms with van der Waals surface area (Å²) in [5.41, 5.74) is -0.521. The molecule has 14 heteroatoms. The van der Waals surface area contributed by atoms with Crippen LogP contribution in [-0.2, 0) is 5.54 Å². The molecule has 0 unspecified atom stereocenters. The van der Waals surface area contributed by atoms with Gasteiger partial charge in [0.1, 0.15) is 23.1 Å². The molecule has 3 heterocycles.